The number of hydrogen-bond acceptors (Lipinski definition) is 2. The SMILES string of the molecule is CC(N)Cc1cccc(F)c1OCc1ccc(I)cc1. The predicted molar refractivity (Wildman–Crippen MR) is 87.2 cm³/mol. The molecule has 0 aliphatic carbocycles. The lowest BCUT2D eigenvalue weighted by Gasteiger charge is -2.14. The van der Waals surface area contributed by atoms with Crippen LogP contribution in [0.3, 0.4) is 0 Å². The van der Waals surface area contributed by atoms with Crippen LogP contribution in [0, 0.1) is 9.39 Å². The summed E-state index contributed by atoms with van der Waals surface area (Å²) in [4.78, 5) is 0. The topological polar surface area (TPSA) is 35.2 Å². The molecule has 0 saturated carbocycles. The van der Waals surface area contributed by atoms with Crippen LogP contribution in [0.15, 0.2) is 42.5 Å². The van der Waals surface area contributed by atoms with Crippen LogP contribution in [0.25, 0.3) is 0 Å². The Hall–Kier alpha value is -1.14. The highest BCUT2D eigenvalue weighted by atomic mass is 127. The maximum Gasteiger partial charge on any atom is 0.165 e. The molecule has 1 unspecified atom stereocenters. The standard InChI is InChI=1S/C16H17FINO/c1-11(19)9-13-3-2-4-15(17)16(13)20-10-12-5-7-14(18)8-6-12/h2-8,11H,9-10,19H2,1H3. The van der Waals surface area contributed by atoms with E-state index in [0.717, 1.165) is 14.7 Å². The van der Waals surface area contributed by atoms with Crippen LogP contribution in [0.2, 0.25) is 0 Å². The van der Waals surface area contributed by atoms with Gasteiger partial charge in [-0.2, -0.15) is 0 Å². The summed E-state index contributed by atoms with van der Waals surface area (Å²) in [5.74, 6) is -0.0305. The van der Waals surface area contributed by atoms with E-state index >= 15 is 0 Å². The molecule has 2 aromatic carbocycles. The monoisotopic (exact) mass is 385 g/mol. The molecule has 20 heavy (non-hydrogen) atoms. The Morgan fingerprint density at radius 3 is 2.55 bits per heavy atom. The van der Waals surface area contributed by atoms with Crippen molar-refractivity contribution in [3.63, 3.8) is 0 Å². The van der Waals surface area contributed by atoms with E-state index < -0.39 is 0 Å². The molecule has 0 saturated heterocycles. The first-order chi connectivity index (χ1) is 9.56. The summed E-state index contributed by atoms with van der Waals surface area (Å²) >= 11 is 2.25. The van der Waals surface area contributed by atoms with Crippen LogP contribution in [0.5, 0.6) is 5.75 Å². The van der Waals surface area contributed by atoms with Crippen LogP contribution in [0.4, 0.5) is 4.39 Å². The Labute approximate surface area is 132 Å². The lowest BCUT2D eigenvalue weighted by molar-refractivity contribution is 0.286. The van der Waals surface area contributed by atoms with Gasteiger partial charge in [-0.25, -0.2) is 4.39 Å². The van der Waals surface area contributed by atoms with Crippen LogP contribution in [-0.2, 0) is 13.0 Å². The molecular formula is C16H17FINO. The summed E-state index contributed by atoms with van der Waals surface area (Å²) in [5.41, 5.74) is 7.61. The second kappa shape index (κ2) is 7.04. The Balaban J connectivity index is 2.13. The fourth-order valence-corrected chi connectivity index (χ4v) is 2.32. The van der Waals surface area contributed by atoms with Gasteiger partial charge >= 0.3 is 0 Å². The molecule has 2 aromatic rings. The van der Waals surface area contributed by atoms with E-state index in [1.165, 1.54) is 6.07 Å². The van der Waals surface area contributed by atoms with Crippen molar-refractivity contribution in [1.29, 1.82) is 0 Å². The second-order valence-corrected chi connectivity index (χ2v) is 6.07. The average Bonchev–Trinajstić information content (AvgIpc) is 2.39. The number of para-hydroxylation sites is 1. The van der Waals surface area contributed by atoms with Crippen molar-refractivity contribution in [1.82, 2.24) is 0 Å². The van der Waals surface area contributed by atoms with Crippen LogP contribution >= 0.6 is 22.6 Å². The molecule has 0 aromatic heterocycles. The van der Waals surface area contributed by atoms with E-state index in [-0.39, 0.29) is 11.9 Å². The Morgan fingerprint density at radius 1 is 1.20 bits per heavy atom. The van der Waals surface area contributed by atoms with E-state index in [2.05, 4.69) is 22.6 Å². The highest BCUT2D eigenvalue weighted by Gasteiger charge is 2.11. The number of ether oxygens (including phenoxy) is 1. The number of benzene rings is 2. The highest BCUT2D eigenvalue weighted by molar-refractivity contribution is 14.1. The minimum atomic E-state index is -0.339. The third-order valence-electron chi connectivity index (χ3n) is 2.89. The van der Waals surface area contributed by atoms with Gasteiger partial charge in [0.1, 0.15) is 6.61 Å². The summed E-state index contributed by atoms with van der Waals surface area (Å²) in [6, 6.07) is 12.9. The van der Waals surface area contributed by atoms with Gasteiger partial charge < -0.3 is 10.5 Å². The summed E-state index contributed by atoms with van der Waals surface area (Å²) in [6.45, 7) is 2.25. The summed E-state index contributed by atoms with van der Waals surface area (Å²) < 4.78 is 20.7. The van der Waals surface area contributed by atoms with Crippen LogP contribution in [-0.4, -0.2) is 6.04 Å². The predicted octanol–water partition coefficient (Wildman–Crippen LogP) is 3.90. The summed E-state index contributed by atoms with van der Waals surface area (Å²) in [5, 5.41) is 0. The molecule has 0 radical (unpaired) electrons. The third kappa shape index (κ3) is 4.18. The molecule has 1 atom stereocenters. The van der Waals surface area contributed by atoms with Gasteiger partial charge in [0.05, 0.1) is 0 Å². The molecule has 2 N–H and O–H groups in total. The van der Waals surface area contributed by atoms with Crippen LogP contribution in [0.1, 0.15) is 18.1 Å². The Bertz CT molecular complexity index is 569. The largest absolute Gasteiger partial charge is 0.486 e. The number of hydrogen-bond donors (Lipinski definition) is 1. The zero-order valence-electron chi connectivity index (χ0n) is 11.3. The van der Waals surface area contributed by atoms with Crippen molar-refractivity contribution in [2.45, 2.75) is 26.0 Å². The maximum atomic E-state index is 13.9. The van der Waals surface area contributed by atoms with Crippen LogP contribution < -0.4 is 10.5 Å². The first-order valence-electron chi connectivity index (χ1n) is 6.46. The lowest BCUT2D eigenvalue weighted by atomic mass is 10.1. The first kappa shape index (κ1) is 15.3. The minimum absolute atomic E-state index is 0.0301. The molecule has 0 spiro atoms. The zero-order valence-corrected chi connectivity index (χ0v) is 13.4. The van der Waals surface area contributed by atoms with Crippen molar-refractivity contribution >= 4 is 22.6 Å². The third-order valence-corrected chi connectivity index (χ3v) is 3.61. The zero-order chi connectivity index (χ0) is 14.5. The molecule has 0 fully saturated rings. The molecule has 106 valence electrons. The summed E-state index contributed by atoms with van der Waals surface area (Å²) in [7, 11) is 0. The molecule has 2 rings (SSSR count). The number of nitrogens with two attached hydrogens (primary N) is 1. The molecule has 0 aliphatic rings. The first-order valence-corrected chi connectivity index (χ1v) is 7.54. The number of rotatable bonds is 5. The molecular weight excluding hydrogens is 368 g/mol. The highest BCUT2D eigenvalue weighted by Crippen LogP contribution is 2.25. The summed E-state index contributed by atoms with van der Waals surface area (Å²) in [6.07, 6.45) is 0.597. The maximum absolute atomic E-state index is 13.9. The van der Waals surface area contributed by atoms with E-state index in [9.17, 15) is 4.39 Å². The van der Waals surface area contributed by atoms with Crippen molar-refractivity contribution in [2.75, 3.05) is 0 Å². The van der Waals surface area contributed by atoms with Gasteiger partial charge in [-0.05, 0) is 65.3 Å². The number of halogens is 2. The van der Waals surface area contributed by atoms with E-state index in [1.807, 2.05) is 37.3 Å². The van der Waals surface area contributed by atoms with Crippen molar-refractivity contribution < 1.29 is 9.13 Å². The molecule has 0 heterocycles. The van der Waals surface area contributed by atoms with Gasteiger partial charge in [0.25, 0.3) is 0 Å². The van der Waals surface area contributed by atoms with Gasteiger partial charge in [0.2, 0.25) is 0 Å². The fraction of sp³-hybridized carbons (Fsp3) is 0.250. The van der Waals surface area contributed by atoms with E-state index in [0.29, 0.717) is 18.8 Å². The van der Waals surface area contributed by atoms with Gasteiger partial charge in [0, 0.05) is 9.61 Å². The average molecular weight is 385 g/mol. The van der Waals surface area contributed by atoms with Gasteiger partial charge in [-0.3, -0.25) is 0 Å². The molecule has 0 bridgehead atoms. The van der Waals surface area contributed by atoms with Gasteiger partial charge in [-0.15, -0.1) is 0 Å². The molecule has 0 amide bonds. The van der Waals surface area contributed by atoms with Gasteiger partial charge in [0.15, 0.2) is 11.6 Å². The van der Waals surface area contributed by atoms with E-state index in [1.54, 1.807) is 6.07 Å². The minimum Gasteiger partial charge on any atom is -0.486 e. The lowest BCUT2D eigenvalue weighted by Crippen LogP contribution is -2.18. The second-order valence-electron chi connectivity index (χ2n) is 4.82. The van der Waals surface area contributed by atoms with E-state index in [4.69, 9.17) is 10.5 Å². The molecule has 4 heteroatoms. The Morgan fingerprint density at radius 2 is 1.90 bits per heavy atom. The molecule has 2 nitrogen and oxygen atoms in total. The van der Waals surface area contributed by atoms with Crippen molar-refractivity contribution in [3.8, 4) is 5.75 Å². The normalized spacial score (nSPS) is 12.2. The van der Waals surface area contributed by atoms with Crippen molar-refractivity contribution in [3.05, 3.63) is 63.0 Å². The van der Waals surface area contributed by atoms with Gasteiger partial charge in [-0.1, -0.05) is 24.3 Å². The Kier molecular flexibility index (Phi) is 5.37. The quantitative estimate of drug-likeness (QED) is 0.793. The smallest absolute Gasteiger partial charge is 0.165 e. The fourth-order valence-electron chi connectivity index (χ4n) is 1.96. The molecule has 0 aliphatic heterocycles. The van der Waals surface area contributed by atoms with Crippen molar-refractivity contribution in [2.24, 2.45) is 5.73 Å².